The summed E-state index contributed by atoms with van der Waals surface area (Å²) in [6.07, 6.45) is 5.20. The molecule has 0 amide bonds. The Hall–Kier alpha value is -2.13. The zero-order valence-electron chi connectivity index (χ0n) is 10.3. The molecule has 94 valence electrons. The predicted molar refractivity (Wildman–Crippen MR) is 74.9 cm³/mol. The number of aromatic nitrogens is 2. The Morgan fingerprint density at radius 1 is 1.11 bits per heavy atom. The van der Waals surface area contributed by atoms with Crippen LogP contribution in [0.15, 0.2) is 53.4 Å². The van der Waals surface area contributed by atoms with Gasteiger partial charge in [-0.2, -0.15) is 0 Å². The van der Waals surface area contributed by atoms with E-state index in [1.807, 2.05) is 37.3 Å². The highest BCUT2D eigenvalue weighted by Gasteiger charge is 2.10. The van der Waals surface area contributed by atoms with Crippen LogP contribution in [0.5, 0.6) is 0 Å². The molecule has 0 atom stereocenters. The van der Waals surface area contributed by atoms with Crippen molar-refractivity contribution < 1.29 is 4.42 Å². The Morgan fingerprint density at radius 2 is 1.89 bits per heavy atom. The van der Waals surface area contributed by atoms with Crippen LogP contribution in [-0.2, 0) is 0 Å². The summed E-state index contributed by atoms with van der Waals surface area (Å²) < 4.78 is 5.52. The summed E-state index contributed by atoms with van der Waals surface area (Å²) in [6, 6.07) is 9.35. The average Bonchev–Trinajstić information content (AvgIpc) is 2.89. The van der Waals surface area contributed by atoms with E-state index in [0.717, 1.165) is 22.4 Å². The van der Waals surface area contributed by atoms with E-state index in [0.29, 0.717) is 10.9 Å². The number of pyridine rings is 1. The van der Waals surface area contributed by atoms with Crippen molar-refractivity contribution in [2.45, 2.75) is 6.92 Å². The van der Waals surface area contributed by atoms with Gasteiger partial charge in [0.2, 0.25) is 5.89 Å². The standard InChI is InChI=1S/C15H11ClN2O/c1-10-6-7-17-8-13(10)14-9-19-15(18-14)11-2-4-12(16)5-3-11/h2-9H,1H3. The molecule has 0 fully saturated rings. The first-order valence-corrected chi connectivity index (χ1v) is 6.24. The Bertz CT molecular complexity index is 704. The van der Waals surface area contributed by atoms with E-state index in [-0.39, 0.29) is 0 Å². The largest absolute Gasteiger partial charge is 0.444 e. The van der Waals surface area contributed by atoms with Gasteiger partial charge in [0.25, 0.3) is 0 Å². The fourth-order valence-electron chi connectivity index (χ4n) is 1.85. The second kappa shape index (κ2) is 4.86. The highest BCUT2D eigenvalue weighted by Crippen LogP contribution is 2.26. The first kappa shape index (κ1) is 11.9. The highest BCUT2D eigenvalue weighted by atomic mass is 35.5. The predicted octanol–water partition coefficient (Wildman–Crippen LogP) is 4.37. The molecule has 0 saturated heterocycles. The van der Waals surface area contributed by atoms with Crippen LogP contribution in [-0.4, -0.2) is 9.97 Å². The fraction of sp³-hybridized carbons (Fsp3) is 0.0667. The molecule has 0 aliphatic rings. The van der Waals surface area contributed by atoms with Gasteiger partial charge in [-0.3, -0.25) is 4.98 Å². The number of aryl methyl sites for hydroxylation is 1. The minimum absolute atomic E-state index is 0.579. The fourth-order valence-corrected chi connectivity index (χ4v) is 1.98. The first-order valence-electron chi connectivity index (χ1n) is 5.86. The van der Waals surface area contributed by atoms with E-state index < -0.39 is 0 Å². The van der Waals surface area contributed by atoms with E-state index in [2.05, 4.69) is 9.97 Å². The number of hydrogen-bond donors (Lipinski definition) is 0. The molecule has 0 unspecified atom stereocenters. The molecule has 3 aromatic rings. The third-order valence-electron chi connectivity index (χ3n) is 2.91. The van der Waals surface area contributed by atoms with Gasteiger partial charge in [-0.05, 0) is 42.8 Å². The van der Waals surface area contributed by atoms with Gasteiger partial charge >= 0.3 is 0 Å². The SMILES string of the molecule is Cc1ccncc1-c1coc(-c2ccc(Cl)cc2)n1. The molecular weight excluding hydrogens is 260 g/mol. The van der Waals surface area contributed by atoms with Gasteiger partial charge < -0.3 is 4.42 Å². The second-order valence-electron chi connectivity index (χ2n) is 4.24. The highest BCUT2D eigenvalue weighted by molar-refractivity contribution is 6.30. The summed E-state index contributed by atoms with van der Waals surface area (Å²) >= 11 is 5.86. The summed E-state index contributed by atoms with van der Waals surface area (Å²) in [4.78, 5) is 8.61. The molecule has 0 radical (unpaired) electrons. The zero-order valence-corrected chi connectivity index (χ0v) is 11.1. The van der Waals surface area contributed by atoms with Gasteiger partial charge in [-0.25, -0.2) is 4.98 Å². The Kier molecular flexibility index (Phi) is 3.05. The lowest BCUT2D eigenvalue weighted by atomic mass is 10.1. The summed E-state index contributed by atoms with van der Waals surface area (Å²) in [5, 5.41) is 0.693. The summed E-state index contributed by atoms with van der Waals surface area (Å²) in [5.41, 5.74) is 3.78. The number of oxazole rings is 1. The average molecular weight is 271 g/mol. The molecule has 19 heavy (non-hydrogen) atoms. The molecule has 0 bridgehead atoms. The van der Waals surface area contributed by atoms with Gasteiger partial charge in [-0.1, -0.05) is 11.6 Å². The number of hydrogen-bond acceptors (Lipinski definition) is 3. The van der Waals surface area contributed by atoms with Gasteiger partial charge in [0, 0.05) is 28.5 Å². The monoisotopic (exact) mass is 270 g/mol. The maximum atomic E-state index is 5.86. The molecule has 3 rings (SSSR count). The van der Waals surface area contributed by atoms with Gasteiger partial charge in [0.15, 0.2) is 0 Å². The van der Waals surface area contributed by atoms with Crippen molar-refractivity contribution in [1.29, 1.82) is 0 Å². The smallest absolute Gasteiger partial charge is 0.226 e. The molecule has 0 spiro atoms. The maximum Gasteiger partial charge on any atom is 0.226 e. The number of nitrogens with zero attached hydrogens (tertiary/aromatic N) is 2. The van der Waals surface area contributed by atoms with E-state index in [1.54, 1.807) is 18.7 Å². The van der Waals surface area contributed by atoms with Gasteiger partial charge in [-0.15, -0.1) is 0 Å². The molecule has 0 saturated carbocycles. The van der Waals surface area contributed by atoms with E-state index in [1.165, 1.54) is 0 Å². The topological polar surface area (TPSA) is 38.9 Å². The third-order valence-corrected chi connectivity index (χ3v) is 3.16. The van der Waals surface area contributed by atoms with Crippen LogP contribution in [0, 0.1) is 6.92 Å². The van der Waals surface area contributed by atoms with Crippen LogP contribution in [0.1, 0.15) is 5.56 Å². The zero-order chi connectivity index (χ0) is 13.2. The Balaban J connectivity index is 2.00. The molecule has 3 nitrogen and oxygen atoms in total. The lowest BCUT2D eigenvalue weighted by Gasteiger charge is -1.99. The van der Waals surface area contributed by atoms with Crippen LogP contribution < -0.4 is 0 Å². The van der Waals surface area contributed by atoms with Crippen LogP contribution >= 0.6 is 11.6 Å². The lowest BCUT2D eigenvalue weighted by molar-refractivity contribution is 0.575. The van der Waals surface area contributed by atoms with Crippen LogP contribution in [0.2, 0.25) is 5.02 Å². The minimum Gasteiger partial charge on any atom is -0.444 e. The normalized spacial score (nSPS) is 10.6. The molecule has 0 aliphatic carbocycles. The van der Waals surface area contributed by atoms with Crippen molar-refractivity contribution >= 4 is 11.6 Å². The van der Waals surface area contributed by atoms with E-state index >= 15 is 0 Å². The third kappa shape index (κ3) is 2.37. The second-order valence-corrected chi connectivity index (χ2v) is 4.67. The molecule has 2 heterocycles. The number of halogens is 1. The Labute approximate surface area is 115 Å². The van der Waals surface area contributed by atoms with Crippen LogP contribution in [0.3, 0.4) is 0 Å². The Morgan fingerprint density at radius 3 is 2.63 bits per heavy atom. The van der Waals surface area contributed by atoms with Crippen molar-refractivity contribution in [3.63, 3.8) is 0 Å². The first-order chi connectivity index (χ1) is 9.24. The van der Waals surface area contributed by atoms with Crippen molar-refractivity contribution in [3.05, 3.63) is 59.6 Å². The summed E-state index contributed by atoms with van der Waals surface area (Å²) in [7, 11) is 0. The molecular formula is C15H11ClN2O. The van der Waals surface area contributed by atoms with Crippen molar-refractivity contribution in [1.82, 2.24) is 9.97 Å². The minimum atomic E-state index is 0.579. The van der Waals surface area contributed by atoms with Gasteiger partial charge in [0.1, 0.15) is 12.0 Å². The molecule has 4 heteroatoms. The van der Waals surface area contributed by atoms with Crippen molar-refractivity contribution in [2.75, 3.05) is 0 Å². The molecule has 0 N–H and O–H groups in total. The summed E-state index contributed by atoms with van der Waals surface area (Å²) in [5.74, 6) is 0.579. The van der Waals surface area contributed by atoms with E-state index in [9.17, 15) is 0 Å². The number of rotatable bonds is 2. The number of benzene rings is 1. The van der Waals surface area contributed by atoms with Crippen LogP contribution in [0.4, 0.5) is 0 Å². The molecule has 1 aromatic carbocycles. The van der Waals surface area contributed by atoms with Crippen LogP contribution in [0.25, 0.3) is 22.7 Å². The maximum absolute atomic E-state index is 5.86. The van der Waals surface area contributed by atoms with Crippen molar-refractivity contribution in [3.8, 4) is 22.7 Å². The molecule has 2 aromatic heterocycles. The van der Waals surface area contributed by atoms with E-state index in [4.69, 9.17) is 16.0 Å². The van der Waals surface area contributed by atoms with Crippen molar-refractivity contribution in [2.24, 2.45) is 0 Å². The molecule has 0 aliphatic heterocycles. The van der Waals surface area contributed by atoms with Gasteiger partial charge in [0.05, 0.1) is 0 Å². The summed E-state index contributed by atoms with van der Waals surface area (Å²) in [6.45, 7) is 2.02. The lowest BCUT2D eigenvalue weighted by Crippen LogP contribution is -1.85. The quantitative estimate of drug-likeness (QED) is 0.694.